The lowest BCUT2D eigenvalue weighted by molar-refractivity contribution is 0.146. The zero-order valence-electron chi connectivity index (χ0n) is 7.45. The van der Waals surface area contributed by atoms with Crippen molar-refractivity contribution < 1.29 is 14.3 Å². The quantitative estimate of drug-likeness (QED) is 0.636. The van der Waals surface area contributed by atoms with Gasteiger partial charge in [-0.1, -0.05) is 12.1 Å². The topological polar surface area (TPSA) is 35.5 Å². The van der Waals surface area contributed by atoms with Gasteiger partial charge in [0.1, 0.15) is 12.4 Å². The molecule has 3 nitrogen and oxygen atoms in total. The normalized spacial score (nSPS) is 9.62. The Morgan fingerprint density at radius 2 is 2.08 bits per heavy atom. The van der Waals surface area contributed by atoms with Gasteiger partial charge in [-0.05, 0) is 12.1 Å². The number of para-hydroxylation sites is 1. The Morgan fingerprint density at radius 3 is 2.77 bits per heavy atom. The molecule has 0 heterocycles. The van der Waals surface area contributed by atoms with Crippen LogP contribution in [0.25, 0.3) is 0 Å². The van der Waals surface area contributed by atoms with Gasteiger partial charge in [-0.25, -0.2) is 0 Å². The van der Waals surface area contributed by atoms with Crippen molar-refractivity contribution in [3.63, 3.8) is 0 Å². The molecule has 0 amide bonds. The van der Waals surface area contributed by atoms with Gasteiger partial charge in [-0.2, -0.15) is 0 Å². The van der Waals surface area contributed by atoms with Crippen LogP contribution in [0.3, 0.4) is 0 Å². The Balaban J connectivity index is 2.59. The van der Waals surface area contributed by atoms with Crippen LogP contribution in [0, 0.1) is 0 Å². The summed E-state index contributed by atoms with van der Waals surface area (Å²) in [5.74, 6) is 0.551. The van der Waals surface area contributed by atoms with Crippen LogP contribution in [-0.2, 0) is 9.53 Å². The molecule has 0 unspecified atom stereocenters. The van der Waals surface area contributed by atoms with Crippen molar-refractivity contribution in [2.75, 3.05) is 20.3 Å². The number of ether oxygens (including phenoxy) is 2. The third-order valence-electron chi connectivity index (χ3n) is 1.54. The molecular formula is C10H11O3. The summed E-state index contributed by atoms with van der Waals surface area (Å²) >= 11 is 0. The van der Waals surface area contributed by atoms with Crippen LogP contribution in [0.1, 0.15) is 5.56 Å². The van der Waals surface area contributed by atoms with E-state index in [2.05, 4.69) is 0 Å². The van der Waals surface area contributed by atoms with Gasteiger partial charge < -0.3 is 9.47 Å². The Kier molecular flexibility index (Phi) is 3.99. The van der Waals surface area contributed by atoms with E-state index in [1.807, 2.05) is 6.07 Å². The van der Waals surface area contributed by atoms with Crippen LogP contribution in [0.15, 0.2) is 24.3 Å². The van der Waals surface area contributed by atoms with Crippen molar-refractivity contribution in [3.8, 4) is 5.75 Å². The summed E-state index contributed by atoms with van der Waals surface area (Å²) in [6.07, 6.45) is 1.81. The summed E-state index contributed by atoms with van der Waals surface area (Å²) in [7, 11) is 1.60. The molecule has 0 aliphatic rings. The predicted molar refractivity (Wildman–Crippen MR) is 48.6 cm³/mol. The zero-order chi connectivity index (χ0) is 9.52. The predicted octanol–water partition coefficient (Wildman–Crippen LogP) is 1.17. The molecule has 0 spiro atoms. The third kappa shape index (κ3) is 2.87. The lowest BCUT2D eigenvalue weighted by atomic mass is 10.2. The fourth-order valence-electron chi connectivity index (χ4n) is 0.912. The molecule has 0 fully saturated rings. The molecule has 1 aromatic rings. The highest BCUT2D eigenvalue weighted by molar-refractivity contribution is 5.79. The van der Waals surface area contributed by atoms with E-state index in [0.717, 1.165) is 0 Å². The number of methoxy groups -OCH3 is 1. The number of hydrogen-bond donors (Lipinski definition) is 0. The van der Waals surface area contributed by atoms with E-state index in [1.165, 1.54) is 0 Å². The van der Waals surface area contributed by atoms with Gasteiger partial charge in [0.25, 0.3) is 0 Å². The summed E-state index contributed by atoms with van der Waals surface area (Å²) in [5, 5.41) is 0. The molecule has 0 atom stereocenters. The van der Waals surface area contributed by atoms with Crippen molar-refractivity contribution in [1.82, 2.24) is 0 Å². The first-order valence-electron chi connectivity index (χ1n) is 3.97. The standard InChI is InChI=1S/C10H11O3/c1-12-6-7-13-10-5-3-2-4-9(10)8-11/h2-5H,6-7H2,1H3. The summed E-state index contributed by atoms with van der Waals surface area (Å²) in [4.78, 5) is 10.4. The Morgan fingerprint density at radius 1 is 1.31 bits per heavy atom. The smallest absolute Gasteiger partial charge is 0.237 e. The maximum absolute atomic E-state index is 10.4. The second-order valence-corrected chi connectivity index (χ2v) is 2.44. The average Bonchev–Trinajstić information content (AvgIpc) is 2.19. The molecule has 1 radical (unpaired) electrons. The molecule has 0 N–H and O–H groups in total. The van der Waals surface area contributed by atoms with E-state index in [1.54, 1.807) is 31.6 Å². The highest BCUT2D eigenvalue weighted by Crippen LogP contribution is 2.14. The molecule has 0 aliphatic carbocycles. The van der Waals surface area contributed by atoms with Crippen molar-refractivity contribution in [2.45, 2.75) is 0 Å². The largest absolute Gasteiger partial charge is 0.490 e. The van der Waals surface area contributed by atoms with E-state index in [0.29, 0.717) is 24.5 Å². The van der Waals surface area contributed by atoms with Gasteiger partial charge in [-0.15, -0.1) is 0 Å². The highest BCUT2D eigenvalue weighted by Gasteiger charge is 2.00. The van der Waals surface area contributed by atoms with Crippen LogP contribution in [-0.4, -0.2) is 26.6 Å². The van der Waals surface area contributed by atoms with Gasteiger partial charge in [0.05, 0.1) is 12.2 Å². The molecular weight excluding hydrogens is 168 g/mol. The fraction of sp³-hybridized carbons (Fsp3) is 0.300. The van der Waals surface area contributed by atoms with E-state index in [4.69, 9.17) is 9.47 Å². The van der Waals surface area contributed by atoms with Gasteiger partial charge in [0, 0.05) is 7.11 Å². The molecule has 0 aromatic heterocycles. The number of benzene rings is 1. The van der Waals surface area contributed by atoms with Crippen molar-refractivity contribution in [2.24, 2.45) is 0 Å². The van der Waals surface area contributed by atoms with Crippen LogP contribution in [0.5, 0.6) is 5.75 Å². The summed E-state index contributed by atoms with van der Waals surface area (Å²) < 4.78 is 10.1. The molecule has 1 rings (SSSR count). The Labute approximate surface area is 77.3 Å². The molecule has 13 heavy (non-hydrogen) atoms. The van der Waals surface area contributed by atoms with Crippen LogP contribution >= 0.6 is 0 Å². The minimum absolute atomic E-state index is 0.440. The number of hydrogen-bond acceptors (Lipinski definition) is 3. The van der Waals surface area contributed by atoms with Crippen molar-refractivity contribution in [1.29, 1.82) is 0 Å². The Hall–Kier alpha value is -1.35. The van der Waals surface area contributed by atoms with Crippen molar-refractivity contribution >= 4 is 6.29 Å². The number of carbonyl (C=O) groups excluding carboxylic acids is 1. The minimum Gasteiger partial charge on any atom is -0.490 e. The SMILES string of the molecule is COCCOc1ccccc1[C]=O. The first-order chi connectivity index (χ1) is 6.38. The molecule has 0 bridgehead atoms. The molecule has 0 aliphatic heterocycles. The van der Waals surface area contributed by atoms with Crippen LogP contribution in [0.4, 0.5) is 0 Å². The molecule has 1 aromatic carbocycles. The van der Waals surface area contributed by atoms with E-state index in [9.17, 15) is 4.79 Å². The minimum atomic E-state index is 0.440. The highest BCUT2D eigenvalue weighted by atomic mass is 16.5. The maximum atomic E-state index is 10.4. The first-order valence-corrected chi connectivity index (χ1v) is 3.97. The third-order valence-corrected chi connectivity index (χ3v) is 1.54. The second kappa shape index (κ2) is 5.32. The molecule has 69 valence electrons. The second-order valence-electron chi connectivity index (χ2n) is 2.44. The molecule has 0 saturated carbocycles. The fourth-order valence-corrected chi connectivity index (χ4v) is 0.912. The van der Waals surface area contributed by atoms with Crippen molar-refractivity contribution in [3.05, 3.63) is 29.8 Å². The average molecular weight is 179 g/mol. The first kappa shape index (κ1) is 9.74. The molecule has 3 heteroatoms. The maximum Gasteiger partial charge on any atom is 0.237 e. The lowest BCUT2D eigenvalue weighted by Gasteiger charge is -2.06. The van der Waals surface area contributed by atoms with Gasteiger partial charge in [0.15, 0.2) is 0 Å². The van der Waals surface area contributed by atoms with E-state index < -0.39 is 0 Å². The van der Waals surface area contributed by atoms with Crippen LogP contribution < -0.4 is 4.74 Å². The Bertz CT molecular complexity index is 271. The van der Waals surface area contributed by atoms with Gasteiger partial charge in [0.2, 0.25) is 6.29 Å². The number of rotatable bonds is 5. The van der Waals surface area contributed by atoms with E-state index >= 15 is 0 Å². The monoisotopic (exact) mass is 179 g/mol. The van der Waals surface area contributed by atoms with E-state index in [-0.39, 0.29) is 0 Å². The zero-order valence-corrected chi connectivity index (χ0v) is 7.45. The summed E-state index contributed by atoms with van der Waals surface area (Å²) in [6, 6.07) is 6.97. The van der Waals surface area contributed by atoms with Crippen LogP contribution in [0.2, 0.25) is 0 Å². The van der Waals surface area contributed by atoms with Gasteiger partial charge in [-0.3, -0.25) is 4.79 Å². The van der Waals surface area contributed by atoms with Gasteiger partial charge >= 0.3 is 0 Å². The summed E-state index contributed by atoms with van der Waals surface area (Å²) in [5.41, 5.74) is 0.443. The molecule has 0 saturated heterocycles. The lowest BCUT2D eigenvalue weighted by Crippen LogP contribution is -2.05. The summed E-state index contributed by atoms with van der Waals surface area (Å²) in [6.45, 7) is 0.947.